The fourth-order valence-electron chi connectivity index (χ4n) is 4.09. The van der Waals surface area contributed by atoms with Crippen LogP contribution in [0.4, 0.5) is 15.8 Å². The van der Waals surface area contributed by atoms with Gasteiger partial charge in [-0.05, 0) is 42.8 Å². The minimum atomic E-state index is -0.473. The van der Waals surface area contributed by atoms with Gasteiger partial charge in [-0.3, -0.25) is 19.4 Å². The molecule has 1 atom stereocenters. The van der Waals surface area contributed by atoms with Crippen molar-refractivity contribution < 1.29 is 18.7 Å². The summed E-state index contributed by atoms with van der Waals surface area (Å²) in [5.41, 5.74) is 1.28. The number of ether oxygens (including phenoxy) is 1. The maximum atomic E-state index is 14.1. The lowest BCUT2D eigenvalue weighted by Gasteiger charge is -2.41. The smallest absolute Gasteiger partial charge is 0.295 e. The van der Waals surface area contributed by atoms with Gasteiger partial charge in [0.1, 0.15) is 11.6 Å². The molecule has 0 unspecified atom stereocenters. The van der Waals surface area contributed by atoms with Crippen LogP contribution in [0.2, 0.25) is 0 Å². The predicted molar refractivity (Wildman–Crippen MR) is 113 cm³/mol. The van der Waals surface area contributed by atoms with Crippen molar-refractivity contribution >= 4 is 23.1 Å². The zero-order valence-electron chi connectivity index (χ0n) is 17.1. The van der Waals surface area contributed by atoms with Gasteiger partial charge in [-0.25, -0.2) is 4.39 Å². The van der Waals surface area contributed by atoms with Crippen molar-refractivity contribution in [3.8, 4) is 5.75 Å². The van der Waals surface area contributed by atoms with Crippen LogP contribution in [0.25, 0.3) is 0 Å². The highest BCUT2D eigenvalue weighted by Crippen LogP contribution is 2.30. The molecule has 0 aliphatic carbocycles. The SMILES string of the molecule is CCCOc1ccc(N2C(=O)C(=O)C[C@@H]2N2CCN(c3ccccc3F)CC2)cc1. The van der Waals surface area contributed by atoms with E-state index >= 15 is 0 Å². The van der Waals surface area contributed by atoms with E-state index < -0.39 is 5.91 Å². The number of piperazine rings is 1. The molecule has 0 spiro atoms. The second-order valence-corrected chi connectivity index (χ2v) is 7.60. The standard InChI is InChI=1S/C23H26FN3O3/c1-2-15-30-18-9-7-17(8-10-18)27-22(16-21(28)23(27)29)26-13-11-25(12-14-26)20-6-4-3-5-19(20)24/h3-10,22H,2,11-16H2,1H3/t22-/m1/s1. The van der Waals surface area contributed by atoms with E-state index in [1.807, 2.05) is 42.2 Å². The molecule has 2 aliphatic heterocycles. The van der Waals surface area contributed by atoms with Gasteiger partial charge in [0, 0.05) is 31.9 Å². The third-order valence-electron chi connectivity index (χ3n) is 5.64. The fraction of sp³-hybridized carbons (Fsp3) is 0.391. The predicted octanol–water partition coefficient (Wildman–Crippen LogP) is 3.07. The Kier molecular flexibility index (Phi) is 5.99. The largest absolute Gasteiger partial charge is 0.494 e. The molecule has 2 saturated heterocycles. The van der Waals surface area contributed by atoms with Crippen molar-refractivity contribution in [2.24, 2.45) is 0 Å². The number of amides is 1. The third-order valence-corrected chi connectivity index (χ3v) is 5.64. The highest BCUT2D eigenvalue weighted by Gasteiger charge is 2.43. The van der Waals surface area contributed by atoms with Crippen LogP contribution >= 0.6 is 0 Å². The van der Waals surface area contributed by atoms with Crippen LogP contribution in [0.15, 0.2) is 48.5 Å². The Morgan fingerprint density at radius 1 is 1.00 bits per heavy atom. The lowest BCUT2D eigenvalue weighted by atomic mass is 10.2. The molecule has 0 aromatic heterocycles. The molecular weight excluding hydrogens is 385 g/mol. The average molecular weight is 411 g/mol. The number of Topliss-reactive ketones (excluding diaryl/α,β-unsaturated/α-hetero) is 1. The summed E-state index contributed by atoms with van der Waals surface area (Å²) in [6, 6.07) is 14.1. The molecule has 30 heavy (non-hydrogen) atoms. The number of nitrogens with zero attached hydrogens (tertiary/aromatic N) is 3. The molecule has 2 aromatic rings. The highest BCUT2D eigenvalue weighted by atomic mass is 19.1. The van der Waals surface area contributed by atoms with Crippen molar-refractivity contribution in [3.63, 3.8) is 0 Å². The number of halogens is 1. The van der Waals surface area contributed by atoms with E-state index in [9.17, 15) is 14.0 Å². The Morgan fingerprint density at radius 3 is 2.37 bits per heavy atom. The molecule has 158 valence electrons. The van der Waals surface area contributed by atoms with E-state index in [1.165, 1.54) is 6.07 Å². The molecule has 0 N–H and O–H groups in total. The zero-order valence-corrected chi connectivity index (χ0v) is 17.1. The van der Waals surface area contributed by atoms with Crippen LogP contribution in [0.5, 0.6) is 5.75 Å². The molecule has 7 heteroatoms. The van der Waals surface area contributed by atoms with Gasteiger partial charge in [-0.2, -0.15) is 0 Å². The fourth-order valence-corrected chi connectivity index (χ4v) is 4.09. The quantitative estimate of drug-likeness (QED) is 0.684. The molecule has 0 radical (unpaired) electrons. The maximum absolute atomic E-state index is 14.1. The summed E-state index contributed by atoms with van der Waals surface area (Å²) in [5.74, 6) is -0.334. The molecule has 4 rings (SSSR count). The number of carbonyl (C=O) groups is 2. The number of rotatable bonds is 6. The van der Waals surface area contributed by atoms with Gasteiger partial charge in [0.15, 0.2) is 0 Å². The molecule has 0 bridgehead atoms. The number of ketones is 1. The molecule has 2 heterocycles. The van der Waals surface area contributed by atoms with Crippen molar-refractivity contribution in [3.05, 3.63) is 54.3 Å². The minimum Gasteiger partial charge on any atom is -0.494 e. The summed E-state index contributed by atoms with van der Waals surface area (Å²) in [6.07, 6.45) is 0.782. The van der Waals surface area contributed by atoms with Gasteiger partial charge in [0.25, 0.3) is 5.91 Å². The number of hydrogen-bond donors (Lipinski definition) is 0. The summed E-state index contributed by atoms with van der Waals surface area (Å²) < 4.78 is 19.7. The Labute approximate surface area is 175 Å². The molecular formula is C23H26FN3O3. The second kappa shape index (κ2) is 8.83. The van der Waals surface area contributed by atoms with Crippen LogP contribution in [0, 0.1) is 5.82 Å². The average Bonchev–Trinajstić information content (AvgIpc) is 3.07. The van der Waals surface area contributed by atoms with E-state index in [2.05, 4.69) is 4.90 Å². The second-order valence-electron chi connectivity index (χ2n) is 7.60. The molecule has 6 nitrogen and oxygen atoms in total. The minimum absolute atomic E-state index is 0.173. The van der Waals surface area contributed by atoms with Crippen molar-refractivity contribution in [1.29, 1.82) is 0 Å². The van der Waals surface area contributed by atoms with Gasteiger partial charge in [0.2, 0.25) is 5.78 Å². The van der Waals surface area contributed by atoms with Gasteiger partial charge in [-0.15, -0.1) is 0 Å². The summed E-state index contributed by atoms with van der Waals surface area (Å²) in [4.78, 5) is 30.6. The zero-order chi connectivity index (χ0) is 21.1. The monoisotopic (exact) mass is 411 g/mol. The van der Waals surface area contributed by atoms with E-state index in [0.29, 0.717) is 44.2 Å². The Morgan fingerprint density at radius 2 is 1.70 bits per heavy atom. The highest BCUT2D eigenvalue weighted by molar-refractivity contribution is 6.44. The van der Waals surface area contributed by atoms with Gasteiger partial charge >= 0.3 is 0 Å². The van der Waals surface area contributed by atoms with Crippen LogP contribution < -0.4 is 14.5 Å². The summed E-state index contributed by atoms with van der Waals surface area (Å²) >= 11 is 0. The summed E-state index contributed by atoms with van der Waals surface area (Å²) in [6.45, 7) is 5.24. The van der Waals surface area contributed by atoms with E-state index in [-0.39, 0.29) is 24.2 Å². The van der Waals surface area contributed by atoms with E-state index in [0.717, 1.165) is 12.2 Å². The number of hydrogen-bond acceptors (Lipinski definition) is 5. The van der Waals surface area contributed by atoms with Gasteiger partial charge in [0.05, 0.1) is 24.9 Å². The first kappa shape index (κ1) is 20.3. The molecule has 0 saturated carbocycles. The van der Waals surface area contributed by atoms with Crippen molar-refractivity contribution in [2.75, 3.05) is 42.6 Å². The molecule has 2 aliphatic rings. The number of anilines is 2. The number of carbonyl (C=O) groups excluding carboxylic acids is 2. The first-order chi connectivity index (χ1) is 14.6. The third kappa shape index (κ3) is 4.03. The van der Waals surface area contributed by atoms with Crippen LogP contribution in [0.1, 0.15) is 19.8 Å². The van der Waals surface area contributed by atoms with Gasteiger partial charge < -0.3 is 9.64 Å². The lowest BCUT2D eigenvalue weighted by Crippen LogP contribution is -2.55. The Hall–Kier alpha value is -2.93. The topological polar surface area (TPSA) is 53.1 Å². The van der Waals surface area contributed by atoms with Gasteiger partial charge in [-0.1, -0.05) is 19.1 Å². The Bertz CT molecular complexity index is 910. The maximum Gasteiger partial charge on any atom is 0.295 e. The first-order valence-corrected chi connectivity index (χ1v) is 10.4. The van der Waals surface area contributed by atoms with Crippen molar-refractivity contribution in [1.82, 2.24) is 4.90 Å². The first-order valence-electron chi connectivity index (χ1n) is 10.4. The molecule has 2 fully saturated rings. The van der Waals surface area contributed by atoms with Crippen molar-refractivity contribution in [2.45, 2.75) is 25.9 Å². The summed E-state index contributed by atoms with van der Waals surface area (Å²) in [5, 5.41) is 0. The number of benzene rings is 2. The Balaban J connectivity index is 1.47. The van der Waals surface area contributed by atoms with Crippen LogP contribution in [0.3, 0.4) is 0 Å². The summed E-state index contributed by atoms with van der Waals surface area (Å²) in [7, 11) is 0. The number of para-hydroxylation sites is 1. The van der Waals surface area contributed by atoms with E-state index in [4.69, 9.17) is 4.74 Å². The lowest BCUT2D eigenvalue weighted by molar-refractivity contribution is -0.133. The van der Waals surface area contributed by atoms with Crippen LogP contribution in [-0.4, -0.2) is 55.5 Å². The molecule has 2 aromatic carbocycles. The van der Waals surface area contributed by atoms with Crippen LogP contribution in [-0.2, 0) is 9.59 Å². The normalized spacial score (nSPS) is 20.1. The van der Waals surface area contributed by atoms with E-state index in [1.54, 1.807) is 17.0 Å². The molecule has 1 amide bonds.